The molecule has 1 aromatic carbocycles. The van der Waals surface area contributed by atoms with Gasteiger partial charge in [-0.2, -0.15) is 5.10 Å². The molecule has 136 valence electrons. The van der Waals surface area contributed by atoms with E-state index in [-0.39, 0.29) is 34.8 Å². The van der Waals surface area contributed by atoms with Crippen LogP contribution in [-0.4, -0.2) is 26.3 Å². The van der Waals surface area contributed by atoms with Crippen LogP contribution in [-0.2, 0) is 6.54 Å². The fourth-order valence-corrected chi connectivity index (χ4v) is 2.48. The lowest BCUT2D eigenvalue weighted by Gasteiger charge is -2.11. The highest BCUT2D eigenvalue weighted by Crippen LogP contribution is 2.15. The molecule has 0 aliphatic heterocycles. The van der Waals surface area contributed by atoms with E-state index in [0.29, 0.717) is 0 Å². The summed E-state index contributed by atoms with van der Waals surface area (Å²) in [6, 6.07) is 6.41. The van der Waals surface area contributed by atoms with Gasteiger partial charge in [0.1, 0.15) is 5.56 Å². The number of benzene rings is 1. The van der Waals surface area contributed by atoms with Gasteiger partial charge in [-0.3, -0.25) is 19.1 Å². The average molecular weight is 377 g/mol. The maximum Gasteiger partial charge on any atom is 0.331 e. The SMILES string of the molecule is C=CCn1c(O)c(/C(CC)=N/NC(=O)c2ccccc2Cl)c(=O)[nH]c1=O. The summed E-state index contributed by atoms with van der Waals surface area (Å²) in [6.07, 6.45) is 1.61. The van der Waals surface area contributed by atoms with E-state index in [2.05, 4.69) is 22.1 Å². The van der Waals surface area contributed by atoms with Crippen LogP contribution in [0, 0.1) is 0 Å². The lowest BCUT2D eigenvalue weighted by molar-refractivity contribution is 0.0955. The zero-order chi connectivity index (χ0) is 19.3. The lowest BCUT2D eigenvalue weighted by atomic mass is 10.1. The second-order valence-corrected chi connectivity index (χ2v) is 5.60. The minimum absolute atomic E-state index is 0.00256. The molecule has 0 aliphatic carbocycles. The van der Waals surface area contributed by atoms with Crippen molar-refractivity contribution in [2.75, 3.05) is 0 Å². The summed E-state index contributed by atoms with van der Waals surface area (Å²) < 4.78 is 0.935. The van der Waals surface area contributed by atoms with Gasteiger partial charge in [-0.05, 0) is 18.6 Å². The zero-order valence-electron chi connectivity index (χ0n) is 14.0. The van der Waals surface area contributed by atoms with Gasteiger partial charge in [0.2, 0.25) is 5.88 Å². The van der Waals surface area contributed by atoms with Crippen molar-refractivity contribution in [1.29, 1.82) is 0 Å². The number of halogens is 1. The van der Waals surface area contributed by atoms with Crippen molar-refractivity contribution in [1.82, 2.24) is 15.0 Å². The zero-order valence-corrected chi connectivity index (χ0v) is 14.7. The van der Waals surface area contributed by atoms with Crippen LogP contribution in [0.15, 0.2) is 51.6 Å². The van der Waals surface area contributed by atoms with E-state index in [4.69, 9.17) is 11.6 Å². The number of hydrogen-bond acceptors (Lipinski definition) is 5. The fraction of sp³-hybridized carbons (Fsp3) is 0.176. The smallest absolute Gasteiger partial charge is 0.331 e. The Kier molecular flexibility index (Phi) is 6.13. The van der Waals surface area contributed by atoms with Crippen LogP contribution in [0.25, 0.3) is 0 Å². The first-order chi connectivity index (χ1) is 12.4. The number of nitrogens with one attached hydrogen (secondary N) is 2. The van der Waals surface area contributed by atoms with Crippen molar-refractivity contribution < 1.29 is 9.90 Å². The van der Waals surface area contributed by atoms with Gasteiger partial charge in [0.25, 0.3) is 11.5 Å². The third-order valence-electron chi connectivity index (χ3n) is 3.52. The number of amides is 1. The Morgan fingerprint density at radius 1 is 1.42 bits per heavy atom. The molecule has 0 atom stereocenters. The molecule has 3 N–H and O–H groups in total. The van der Waals surface area contributed by atoms with E-state index in [1.54, 1.807) is 25.1 Å². The van der Waals surface area contributed by atoms with Crippen molar-refractivity contribution in [3.05, 3.63) is 73.9 Å². The summed E-state index contributed by atoms with van der Waals surface area (Å²) in [5.74, 6) is -1.12. The van der Waals surface area contributed by atoms with Crippen molar-refractivity contribution in [3.63, 3.8) is 0 Å². The first-order valence-electron chi connectivity index (χ1n) is 7.69. The van der Waals surface area contributed by atoms with Gasteiger partial charge in [-0.15, -0.1) is 6.58 Å². The summed E-state index contributed by atoms with van der Waals surface area (Å²) in [5.41, 5.74) is 0.836. The largest absolute Gasteiger partial charge is 0.494 e. The molecule has 0 bridgehead atoms. The summed E-state index contributed by atoms with van der Waals surface area (Å²) in [6.45, 7) is 5.17. The third kappa shape index (κ3) is 3.92. The van der Waals surface area contributed by atoms with Crippen LogP contribution >= 0.6 is 11.6 Å². The minimum atomic E-state index is -0.805. The molecule has 0 spiro atoms. The number of carbonyl (C=O) groups is 1. The Bertz CT molecular complexity index is 991. The highest BCUT2D eigenvalue weighted by Gasteiger charge is 2.18. The van der Waals surface area contributed by atoms with Gasteiger partial charge in [-0.25, -0.2) is 10.2 Å². The van der Waals surface area contributed by atoms with Crippen molar-refractivity contribution in [2.24, 2.45) is 5.10 Å². The van der Waals surface area contributed by atoms with Gasteiger partial charge in [0, 0.05) is 6.54 Å². The number of allylic oxidation sites excluding steroid dienone is 1. The first-order valence-corrected chi connectivity index (χ1v) is 8.07. The van der Waals surface area contributed by atoms with Gasteiger partial charge in [-0.1, -0.05) is 36.7 Å². The number of aromatic hydroxyl groups is 1. The molecule has 9 heteroatoms. The van der Waals surface area contributed by atoms with Gasteiger partial charge in [0.05, 0.1) is 16.3 Å². The Morgan fingerprint density at radius 3 is 2.73 bits per heavy atom. The van der Waals surface area contributed by atoms with Crippen molar-refractivity contribution in [2.45, 2.75) is 19.9 Å². The molecule has 0 saturated carbocycles. The van der Waals surface area contributed by atoms with E-state index in [1.807, 2.05) is 0 Å². The molecule has 0 fully saturated rings. The third-order valence-corrected chi connectivity index (χ3v) is 3.85. The molecule has 0 radical (unpaired) electrons. The molecule has 2 rings (SSSR count). The van der Waals surface area contributed by atoms with Crippen LogP contribution in [0.2, 0.25) is 5.02 Å². The van der Waals surface area contributed by atoms with Crippen LogP contribution < -0.4 is 16.7 Å². The summed E-state index contributed by atoms with van der Waals surface area (Å²) >= 11 is 5.96. The lowest BCUT2D eigenvalue weighted by Crippen LogP contribution is -2.34. The number of rotatable bonds is 6. The number of H-pyrrole nitrogens is 1. The molecule has 2 aromatic rings. The highest BCUT2D eigenvalue weighted by atomic mass is 35.5. The van der Waals surface area contributed by atoms with E-state index in [1.165, 1.54) is 12.1 Å². The summed E-state index contributed by atoms with van der Waals surface area (Å²) in [7, 11) is 0. The van der Waals surface area contributed by atoms with E-state index >= 15 is 0 Å². The van der Waals surface area contributed by atoms with Crippen LogP contribution in [0.5, 0.6) is 5.88 Å². The molecule has 1 aromatic heterocycles. The van der Waals surface area contributed by atoms with Gasteiger partial charge >= 0.3 is 5.69 Å². The van der Waals surface area contributed by atoms with Gasteiger partial charge in [0.15, 0.2) is 0 Å². The van der Waals surface area contributed by atoms with Crippen LogP contribution in [0.1, 0.15) is 29.3 Å². The summed E-state index contributed by atoms with van der Waals surface area (Å²) in [5, 5.41) is 14.5. The fourth-order valence-electron chi connectivity index (χ4n) is 2.25. The number of hydrazone groups is 1. The van der Waals surface area contributed by atoms with Crippen molar-refractivity contribution >= 4 is 23.2 Å². The van der Waals surface area contributed by atoms with Crippen molar-refractivity contribution in [3.8, 4) is 5.88 Å². The molecule has 8 nitrogen and oxygen atoms in total. The molecule has 0 aliphatic rings. The molecule has 1 heterocycles. The Labute approximate surface area is 153 Å². The predicted octanol–water partition coefficient (Wildman–Crippen LogP) is 1.63. The molecule has 26 heavy (non-hydrogen) atoms. The Balaban J connectivity index is 2.44. The van der Waals surface area contributed by atoms with Gasteiger partial charge < -0.3 is 5.11 Å². The molecule has 1 amide bonds. The number of carbonyl (C=O) groups excluding carboxylic acids is 1. The van der Waals surface area contributed by atoms with E-state index in [9.17, 15) is 19.5 Å². The number of hydrogen-bond donors (Lipinski definition) is 3. The van der Waals surface area contributed by atoms with Crippen LogP contribution in [0.3, 0.4) is 0 Å². The topological polar surface area (TPSA) is 117 Å². The first kappa shape index (κ1) is 19.2. The standard InChI is InChI=1S/C17H17ClN4O4/c1-3-9-22-16(25)13(15(24)19-17(22)26)12(4-2)20-21-14(23)10-7-5-6-8-11(10)18/h3,5-8,25H,1,4,9H2,2H3,(H,21,23)(H,19,24,26)/b20-12+. The quantitative estimate of drug-likeness (QED) is 0.403. The molecule has 0 saturated heterocycles. The summed E-state index contributed by atoms with van der Waals surface area (Å²) in [4.78, 5) is 38.2. The highest BCUT2D eigenvalue weighted by molar-refractivity contribution is 6.33. The molecule has 0 unspecified atom stereocenters. The second-order valence-electron chi connectivity index (χ2n) is 5.19. The Morgan fingerprint density at radius 2 is 2.12 bits per heavy atom. The second kappa shape index (κ2) is 8.30. The van der Waals surface area contributed by atoms with Crippen LogP contribution in [0.4, 0.5) is 0 Å². The monoisotopic (exact) mass is 376 g/mol. The number of nitrogens with zero attached hydrogens (tertiary/aromatic N) is 2. The number of aromatic nitrogens is 2. The number of aromatic amines is 1. The molecular formula is C17H17ClN4O4. The average Bonchev–Trinajstić information content (AvgIpc) is 2.61. The Hall–Kier alpha value is -3.13. The normalized spacial score (nSPS) is 11.2. The minimum Gasteiger partial charge on any atom is -0.494 e. The maximum absolute atomic E-state index is 12.2. The maximum atomic E-state index is 12.2. The predicted molar refractivity (Wildman–Crippen MR) is 98.9 cm³/mol. The van der Waals surface area contributed by atoms with E-state index in [0.717, 1.165) is 4.57 Å². The molecular weight excluding hydrogens is 360 g/mol. The van der Waals surface area contributed by atoms with E-state index < -0.39 is 23.0 Å².